The second kappa shape index (κ2) is 6.70. The van der Waals surface area contributed by atoms with Gasteiger partial charge in [0.1, 0.15) is 0 Å². The third kappa shape index (κ3) is 3.52. The molecule has 3 rings (SSSR count). The molecule has 0 fully saturated rings. The van der Waals surface area contributed by atoms with Crippen LogP contribution in [-0.4, -0.2) is 47.6 Å². The molecule has 0 aliphatic rings. The number of aromatic nitrogens is 7. The molecule has 0 aromatic carbocycles. The van der Waals surface area contributed by atoms with Crippen LogP contribution in [0.1, 0.15) is 16.4 Å². The van der Waals surface area contributed by atoms with E-state index in [1.807, 2.05) is 0 Å². The van der Waals surface area contributed by atoms with Crippen LogP contribution in [0.15, 0.2) is 29.2 Å². The van der Waals surface area contributed by atoms with Crippen molar-refractivity contribution in [3.8, 4) is 11.6 Å². The van der Waals surface area contributed by atoms with Crippen LogP contribution in [-0.2, 0) is 13.1 Å². The molecule has 1 amide bonds. The van der Waals surface area contributed by atoms with Crippen molar-refractivity contribution in [2.24, 2.45) is 5.73 Å². The third-order valence-corrected chi connectivity index (χ3v) is 2.76. The zero-order valence-corrected chi connectivity index (χ0v) is 12.0. The van der Waals surface area contributed by atoms with Gasteiger partial charge in [-0.05, 0) is 6.07 Å². The molecule has 23 heavy (non-hydrogen) atoms. The lowest BCUT2D eigenvalue weighted by molar-refractivity contribution is 0.0941. The lowest BCUT2D eigenvalue weighted by atomic mass is 10.4. The second-order valence-electron chi connectivity index (χ2n) is 4.42. The number of carbonyl (C=O) groups is 1. The number of amides is 1. The summed E-state index contributed by atoms with van der Waals surface area (Å²) >= 11 is 0. The number of nitrogens with one attached hydrogen (secondary N) is 1. The lowest BCUT2D eigenvalue weighted by Gasteiger charge is -1.97. The van der Waals surface area contributed by atoms with Crippen molar-refractivity contribution in [3.63, 3.8) is 0 Å². The van der Waals surface area contributed by atoms with Gasteiger partial charge in [-0.2, -0.15) is 4.98 Å². The Bertz CT molecular complexity index is 783. The fourth-order valence-electron chi connectivity index (χ4n) is 1.72. The molecule has 0 spiro atoms. The Balaban J connectivity index is 1.60. The van der Waals surface area contributed by atoms with E-state index in [-0.39, 0.29) is 24.0 Å². The normalized spacial score (nSPS) is 10.7. The summed E-state index contributed by atoms with van der Waals surface area (Å²) in [6.45, 7) is 0.962. The second-order valence-corrected chi connectivity index (χ2v) is 4.42. The van der Waals surface area contributed by atoms with Gasteiger partial charge in [-0.3, -0.25) is 9.48 Å². The first kappa shape index (κ1) is 14.7. The maximum absolute atomic E-state index is 11.9. The Hall–Kier alpha value is -3.21. The highest BCUT2D eigenvalue weighted by molar-refractivity contribution is 5.91. The summed E-state index contributed by atoms with van der Waals surface area (Å²) in [6, 6.07) is 1.68. The van der Waals surface area contributed by atoms with Gasteiger partial charge in [0.15, 0.2) is 5.69 Å². The van der Waals surface area contributed by atoms with E-state index in [1.54, 1.807) is 18.5 Å². The summed E-state index contributed by atoms with van der Waals surface area (Å²) in [4.78, 5) is 24.1. The van der Waals surface area contributed by atoms with Crippen molar-refractivity contribution in [1.82, 2.24) is 40.4 Å². The van der Waals surface area contributed by atoms with E-state index >= 15 is 0 Å². The van der Waals surface area contributed by atoms with E-state index in [0.717, 1.165) is 0 Å². The summed E-state index contributed by atoms with van der Waals surface area (Å²) in [7, 11) is 0. The van der Waals surface area contributed by atoms with E-state index in [1.165, 1.54) is 10.9 Å². The largest absolute Gasteiger partial charge is 0.342 e. The van der Waals surface area contributed by atoms with Crippen LogP contribution in [0.2, 0.25) is 0 Å². The van der Waals surface area contributed by atoms with Gasteiger partial charge in [0.2, 0.25) is 17.5 Å². The lowest BCUT2D eigenvalue weighted by Crippen LogP contribution is -2.23. The molecule has 11 nitrogen and oxygen atoms in total. The van der Waals surface area contributed by atoms with Crippen molar-refractivity contribution >= 4 is 5.91 Å². The fraction of sp³-hybridized carbons (Fsp3) is 0.250. The van der Waals surface area contributed by atoms with Gasteiger partial charge in [-0.25, -0.2) is 9.97 Å². The molecule has 0 saturated carbocycles. The third-order valence-electron chi connectivity index (χ3n) is 2.76. The van der Waals surface area contributed by atoms with Gasteiger partial charge >= 0.3 is 0 Å². The minimum atomic E-state index is -0.399. The van der Waals surface area contributed by atoms with E-state index in [0.29, 0.717) is 18.9 Å². The zero-order chi connectivity index (χ0) is 16.1. The highest BCUT2D eigenvalue weighted by Gasteiger charge is 2.14. The first-order valence-electron chi connectivity index (χ1n) is 6.74. The molecular weight excluding hydrogens is 302 g/mol. The quantitative estimate of drug-likeness (QED) is 0.584. The predicted octanol–water partition coefficient (Wildman–Crippen LogP) is -0.993. The molecule has 3 aromatic rings. The highest BCUT2D eigenvalue weighted by atomic mass is 16.5. The minimum Gasteiger partial charge on any atom is -0.342 e. The zero-order valence-electron chi connectivity index (χ0n) is 12.0. The van der Waals surface area contributed by atoms with Crippen LogP contribution in [0.4, 0.5) is 0 Å². The van der Waals surface area contributed by atoms with Crippen molar-refractivity contribution < 1.29 is 9.32 Å². The van der Waals surface area contributed by atoms with Gasteiger partial charge in [0, 0.05) is 18.9 Å². The summed E-state index contributed by atoms with van der Waals surface area (Å²) in [5, 5.41) is 13.9. The molecule has 0 radical (unpaired) electrons. The Morgan fingerprint density at radius 2 is 2.13 bits per heavy atom. The maximum Gasteiger partial charge on any atom is 0.273 e. The number of nitrogens with two attached hydrogens (primary N) is 1. The van der Waals surface area contributed by atoms with Gasteiger partial charge in [-0.1, -0.05) is 10.4 Å². The number of rotatable bonds is 6. The smallest absolute Gasteiger partial charge is 0.273 e. The van der Waals surface area contributed by atoms with Gasteiger partial charge in [0.05, 0.1) is 19.3 Å². The molecule has 11 heteroatoms. The van der Waals surface area contributed by atoms with E-state index in [2.05, 4.69) is 35.7 Å². The maximum atomic E-state index is 11.9. The van der Waals surface area contributed by atoms with Crippen molar-refractivity contribution in [2.75, 3.05) is 6.54 Å². The molecular formula is C12H13N9O2. The van der Waals surface area contributed by atoms with Crippen LogP contribution in [0.3, 0.4) is 0 Å². The molecule has 0 atom stereocenters. The molecule has 0 saturated heterocycles. The average Bonchev–Trinajstić information content (AvgIpc) is 3.23. The number of hydrogen-bond acceptors (Lipinski definition) is 9. The molecule has 3 heterocycles. The SMILES string of the molecule is NCCn1cc(C(=O)NCc2nc(-c3ncccn3)no2)nn1. The summed E-state index contributed by atoms with van der Waals surface area (Å²) in [6.07, 6.45) is 4.66. The monoisotopic (exact) mass is 315 g/mol. The van der Waals surface area contributed by atoms with Gasteiger partial charge in [0.25, 0.3) is 5.91 Å². The molecule has 3 N–H and O–H groups in total. The first-order chi connectivity index (χ1) is 11.3. The standard InChI is InChI=1S/C12H13N9O2/c13-2-5-21-7-8(18-20-21)12(22)16-6-9-17-11(19-23-9)10-14-3-1-4-15-10/h1,3-4,7H,2,5-6,13H2,(H,16,22). The molecule has 0 unspecified atom stereocenters. The number of carbonyl (C=O) groups excluding carboxylic acids is 1. The van der Waals surface area contributed by atoms with Crippen molar-refractivity contribution in [1.29, 1.82) is 0 Å². The Morgan fingerprint density at radius 1 is 1.30 bits per heavy atom. The molecule has 0 bridgehead atoms. The number of nitrogens with zero attached hydrogens (tertiary/aromatic N) is 7. The Kier molecular flexibility index (Phi) is 4.29. The Labute approximate surface area is 129 Å². The molecule has 0 aliphatic carbocycles. The van der Waals surface area contributed by atoms with Crippen LogP contribution >= 0.6 is 0 Å². The Morgan fingerprint density at radius 3 is 2.91 bits per heavy atom. The summed E-state index contributed by atoms with van der Waals surface area (Å²) in [5.74, 6) is 0.432. The summed E-state index contributed by atoms with van der Waals surface area (Å²) in [5.41, 5.74) is 5.59. The fourth-order valence-corrected chi connectivity index (χ4v) is 1.72. The van der Waals surface area contributed by atoms with Crippen LogP contribution in [0.5, 0.6) is 0 Å². The van der Waals surface area contributed by atoms with Crippen LogP contribution in [0, 0.1) is 0 Å². The predicted molar refractivity (Wildman–Crippen MR) is 75.6 cm³/mol. The van der Waals surface area contributed by atoms with E-state index in [4.69, 9.17) is 10.3 Å². The van der Waals surface area contributed by atoms with Crippen molar-refractivity contribution in [2.45, 2.75) is 13.1 Å². The van der Waals surface area contributed by atoms with Gasteiger partial charge < -0.3 is 15.6 Å². The van der Waals surface area contributed by atoms with Crippen molar-refractivity contribution in [3.05, 3.63) is 36.2 Å². The number of hydrogen-bond donors (Lipinski definition) is 2. The topological polar surface area (TPSA) is 151 Å². The molecule has 118 valence electrons. The highest BCUT2D eigenvalue weighted by Crippen LogP contribution is 2.08. The average molecular weight is 315 g/mol. The van der Waals surface area contributed by atoms with E-state index in [9.17, 15) is 4.79 Å². The van der Waals surface area contributed by atoms with E-state index < -0.39 is 5.91 Å². The minimum absolute atomic E-state index is 0.0580. The molecule has 3 aromatic heterocycles. The molecule has 0 aliphatic heterocycles. The van der Waals surface area contributed by atoms with Gasteiger partial charge in [-0.15, -0.1) is 5.10 Å². The summed E-state index contributed by atoms with van der Waals surface area (Å²) < 4.78 is 6.53. The van der Waals surface area contributed by atoms with Crippen LogP contribution < -0.4 is 11.1 Å². The first-order valence-corrected chi connectivity index (χ1v) is 6.74. The van der Waals surface area contributed by atoms with Crippen LogP contribution in [0.25, 0.3) is 11.6 Å².